The van der Waals surface area contributed by atoms with Crippen LogP contribution in [-0.2, 0) is 0 Å². The molecule has 26 heavy (non-hydrogen) atoms. The Morgan fingerprint density at radius 1 is 1.08 bits per heavy atom. The molecule has 1 aliphatic rings. The third-order valence-corrected chi connectivity index (χ3v) is 4.35. The molecule has 0 aliphatic carbocycles. The Balaban J connectivity index is 1.73. The van der Waals surface area contributed by atoms with Gasteiger partial charge in [-0.15, -0.1) is 0 Å². The van der Waals surface area contributed by atoms with Gasteiger partial charge in [0, 0.05) is 64.9 Å². The highest BCUT2D eigenvalue weighted by atomic mass is 16.5. The molecule has 0 radical (unpaired) electrons. The quantitative estimate of drug-likeness (QED) is 0.817. The fourth-order valence-electron chi connectivity index (χ4n) is 3.01. The molecule has 0 atom stereocenters. The number of hydrogen-bond donors (Lipinski definition) is 0. The molecule has 0 saturated carbocycles. The third kappa shape index (κ3) is 3.84. The number of ether oxygens (including phenoxy) is 1. The summed E-state index contributed by atoms with van der Waals surface area (Å²) < 4.78 is 5.19. The Hall–Kier alpha value is -2.90. The van der Waals surface area contributed by atoms with Gasteiger partial charge in [-0.25, -0.2) is 9.97 Å². The number of nitrogens with zero attached hydrogens (tertiary/aromatic N) is 6. The minimum absolute atomic E-state index is 0.0715. The van der Waals surface area contributed by atoms with Crippen molar-refractivity contribution >= 4 is 17.5 Å². The first-order valence-electron chi connectivity index (χ1n) is 8.62. The summed E-state index contributed by atoms with van der Waals surface area (Å²) in [6.45, 7) is 2.83. The molecule has 0 aromatic carbocycles. The largest absolute Gasteiger partial charge is 0.497 e. The van der Waals surface area contributed by atoms with Crippen LogP contribution in [0.15, 0.2) is 30.7 Å². The molecule has 0 spiro atoms. The number of rotatable bonds is 4. The van der Waals surface area contributed by atoms with E-state index in [-0.39, 0.29) is 5.91 Å². The Morgan fingerprint density at radius 3 is 2.65 bits per heavy atom. The summed E-state index contributed by atoms with van der Waals surface area (Å²) in [6.07, 6.45) is 5.86. The van der Waals surface area contributed by atoms with Crippen LogP contribution in [-0.4, -0.2) is 73.1 Å². The Morgan fingerprint density at radius 2 is 1.88 bits per heavy atom. The SMILES string of the molecule is COc1ccnc(C(=O)N2CCCN(c3nccnc3N(C)C)CC2)c1. The number of carbonyl (C=O) groups excluding carboxylic acids is 1. The third-order valence-electron chi connectivity index (χ3n) is 4.35. The smallest absolute Gasteiger partial charge is 0.272 e. The van der Waals surface area contributed by atoms with E-state index in [1.807, 2.05) is 23.9 Å². The lowest BCUT2D eigenvalue weighted by atomic mass is 10.3. The molecule has 2 aromatic heterocycles. The Labute approximate surface area is 153 Å². The summed E-state index contributed by atoms with van der Waals surface area (Å²) in [5.41, 5.74) is 0.409. The van der Waals surface area contributed by atoms with Gasteiger partial charge in [0.05, 0.1) is 7.11 Å². The summed E-state index contributed by atoms with van der Waals surface area (Å²) in [7, 11) is 5.49. The van der Waals surface area contributed by atoms with Crippen molar-refractivity contribution in [3.05, 3.63) is 36.4 Å². The maximum absolute atomic E-state index is 12.8. The zero-order valence-corrected chi connectivity index (χ0v) is 15.4. The summed E-state index contributed by atoms with van der Waals surface area (Å²) in [6, 6.07) is 3.41. The highest BCUT2D eigenvalue weighted by Gasteiger charge is 2.24. The van der Waals surface area contributed by atoms with Crippen molar-refractivity contribution in [2.45, 2.75) is 6.42 Å². The minimum Gasteiger partial charge on any atom is -0.497 e. The first-order valence-corrected chi connectivity index (χ1v) is 8.62. The molecule has 3 heterocycles. The number of anilines is 2. The molecule has 0 unspecified atom stereocenters. The average molecular weight is 356 g/mol. The molecule has 0 bridgehead atoms. The number of methoxy groups -OCH3 is 1. The van der Waals surface area contributed by atoms with Gasteiger partial charge in [0.15, 0.2) is 11.6 Å². The molecule has 3 rings (SSSR count). The van der Waals surface area contributed by atoms with E-state index in [0.29, 0.717) is 31.1 Å². The topological polar surface area (TPSA) is 74.7 Å². The van der Waals surface area contributed by atoms with Crippen LogP contribution in [0.4, 0.5) is 11.6 Å². The number of pyridine rings is 1. The minimum atomic E-state index is -0.0715. The summed E-state index contributed by atoms with van der Waals surface area (Å²) >= 11 is 0. The van der Waals surface area contributed by atoms with E-state index in [0.717, 1.165) is 24.6 Å². The van der Waals surface area contributed by atoms with Gasteiger partial charge in [-0.3, -0.25) is 9.78 Å². The van der Waals surface area contributed by atoms with Crippen molar-refractivity contribution < 1.29 is 9.53 Å². The highest BCUT2D eigenvalue weighted by molar-refractivity contribution is 5.92. The van der Waals surface area contributed by atoms with Crippen molar-refractivity contribution in [1.82, 2.24) is 19.9 Å². The van der Waals surface area contributed by atoms with Gasteiger partial charge >= 0.3 is 0 Å². The van der Waals surface area contributed by atoms with Crippen LogP contribution >= 0.6 is 0 Å². The van der Waals surface area contributed by atoms with Crippen molar-refractivity contribution in [3.8, 4) is 5.75 Å². The number of amides is 1. The van der Waals surface area contributed by atoms with Crippen LogP contribution in [0.1, 0.15) is 16.9 Å². The van der Waals surface area contributed by atoms with Crippen molar-refractivity contribution in [1.29, 1.82) is 0 Å². The molecule has 138 valence electrons. The lowest BCUT2D eigenvalue weighted by Crippen LogP contribution is -2.36. The molecule has 8 nitrogen and oxygen atoms in total. The van der Waals surface area contributed by atoms with E-state index in [4.69, 9.17) is 4.74 Å². The van der Waals surface area contributed by atoms with Gasteiger partial charge in [0.2, 0.25) is 0 Å². The molecule has 1 amide bonds. The molecular formula is C18H24N6O2. The average Bonchev–Trinajstić information content (AvgIpc) is 2.93. The standard InChI is InChI=1S/C18H24N6O2/c1-22(2)16-17(21-8-7-20-16)23-9-4-10-24(12-11-23)18(25)15-13-14(26-3)5-6-19-15/h5-8,13H,4,9-12H2,1-3H3. The van der Waals surface area contributed by atoms with Crippen LogP contribution in [0, 0.1) is 0 Å². The van der Waals surface area contributed by atoms with Crippen LogP contribution in [0.3, 0.4) is 0 Å². The van der Waals surface area contributed by atoms with E-state index in [2.05, 4.69) is 19.9 Å². The van der Waals surface area contributed by atoms with E-state index in [1.165, 1.54) is 0 Å². The van der Waals surface area contributed by atoms with E-state index >= 15 is 0 Å². The zero-order valence-electron chi connectivity index (χ0n) is 15.4. The number of hydrogen-bond acceptors (Lipinski definition) is 7. The fourth-order valence-corrected chi connectivity index (χ4v) is 3.01. The first kappa shape index (κ1) is 17.9. The monoisotopic (exact) mass is 356 g/mol. The summed E-state index contributed by atoms with van der Waals surface area (Å²) in [5, 5.41) is 0. The van der Waals surface area contributed by atoms with E-state index < -0.39 is 0 Å². The molecule has 1 fully saturated rings. The molecular weight excluding hydrogens is 332 g/mol. The van der Waals surface area contributed by atoms with Crippen molar-refractivity contribution in [2.75, 3.05) is 57.2 Å². The van der Waals surface area contributed by atoms with Gasteiger partial charge in [-0.05, 0) is 12.5 Å². The number of carbonyl (C=O) groups is 1. The van der Waals surface area contributed by atoms with Gasteiger partial charge in [0.25, 0.3) is 5.91 Å². The lowest BCUT2D eigenvalue weighted by molar-refractivity contribution is 0.0760. The van der Waals surface area contributed by atoms with Crippen LogP contribution < -0.4 is 14.5 Å². The maximum atomic E-state index is 12.8. The normalized spacial score (nSPS) is 14.7. The first-order chi connectivity index (χ1) is 12.6. The maximum Gasteiger partial charge on any atom is 0.272 e. The lowest BCUT2D eigenvalue weighted by Gasteiger charge is -2.26. The predicted molar refractivity (Wildman–Crippen MR) is 99.9 cm³/mol. The van der Waals surface area contributed by atoms with Gasteiger partial charge in [-0.1, -0.05) is 0 Å². The van der Waals surface area contributed by atoms with Crippen LogP contribution in [0.2, 0.25) is 0 Å². The molecule has 1 aliphatic heterocycles. The van der Waals surface area contributed by atoms with E-state index in [1.54, 1.807) is 37.8 Å². The van der Waals surface area contributed by atoms with Crippen LogP contribution in [0.25, 0.3) is 0 Å². The molecule has 8 heteroatoms. The van der Waals surface area contributed by atoms with E-state index in [9.17, 15) is 4.79 Å². The summed E-state index contributed by atoms with van der Waals surface area (Å²) in [5.74, 6) is 2.25. The molecule has 1 saturated heterocycles. The van der Waals surface area contributed by atoms with Gasteiger partial charge < -0.3 is 19.4 Å². The fraction of sp³-hybridized carbons (Fsp3) is 0.444. The Bertz CT molecular complexity index is 767. The van der Waals surface area contributed by atoms with Crippen molar-refractivity contribution in [3.63, 3.8) is 0 Å². The molecule has 0 N–H and O–H groups in total. The highest BCUT2D eigenvalue weighted by Crippen LogP contribution is 2.24. The van der Waals surface area contributed by atoms with Crippen molar-refractivity contribution in [2.24, 2.45) is 0 Å². The van der Waals surface area contributed by atoms with Gasteiger partial charge in [-0.2, -0.15) is 0 Å². The number of aromatic nitrogens is 3. The second-order valence-corrected chi connectivity index (χ2v) is 6.31. The van der Waals surface area contributed by atoms with Gasteiger partial charge in [0.1, 0.15) is 11.4 Å². The second-order valence-electron chi connectivity index (χ2n) is 6.31. The summed E-state index contributed by atoms with van der Waals surface area (Å²) in [4.78, 5) is 31.9. The van der Waals surface area contributed by atoms with Crippen LogP contribution in [0.5, 0.6) is 5.75 Å². The zero-order chi connectivity index (χ0) is 18.5. The molecule has 2 aromatic rings. The predicted octanol–water partition coefficient (Wildman–Crippen LogP) is 1.30. The Kier molecular flexibility index (Phi) is 5.50. The second kappa shape index (κ2) is 7.99.